The highest BCUT2D eigenvalue weighted by Gasteiger charge is 2.12. The highest BCUT2D eigenvalue weighted by Crippen LogP contribution is 2.06. The Hall–Kier alpha value is -2.61. The van der Waals surface area contributed by atoms with Crippen molar-refractivity contribution in [3.8, 4) is 0 Å². The van der Waals surface area contributed by atoms with Gasteiger partial charge < -0.3 is 14.3 Å². The lowest BCUT2D eigenvalue weighted by molar-refractivity contribution is 0.189. The van der Waals surface area contributed by atoms with Crippen molar-refractivity contribution in [1.29, 1.82) is 0 Å². The first kappa shape index (κ1) is 15.3. The van der Waals surface area contributed by atoms with E-state index in [4.69, 9.17) is 4.74 Å². The fraction of sp³-hybridized carbons (Fsp3) is 0.400. The van der Waals surface area contributed by atoms with Gasteiger partial charge in [0.25, 0.3) is 5.56 Å². The third-order valence-corrected chi connectivity index (χ3v) is 3.77. The van der Waals surface area contributed by atoms with Crippen LogP contribution in [0.1, 0.15) is 12.1 Å². The maximum absolute atomic E-state index is 12.4. The average molecular weight is 317 g/mol. The Morgan fingerprint density at radius 2 is 2.17 bits per heavy atom. The van der Waals surface area contributed by atoms with Gasteiger partial charge in [0.2, 0.25) is 0 Å². The quantitative estimate of drug-likeness (QED) is 0.620. The van der Waals surface area contributed by atoms with Gasteiger partial charge in [0.05, 0.1) is 6.33 Å². The maximum atomic E-state index is 12.4. The minimum absolute atomic E-state index is 0.286. The topological polar surface area (TPSA) is 97.7 Å². The van der Waals surface area contributed by atoms with E-state index in [0.29, 0.717) is 31.8 Å². The van der Waals surface area contributed by atoms with Crippen LogP contribution in [0.3, 0.4) is 0 Å². The Morgan fingerprint density at radius 3 is 2.91 bits per heavy atom. The lowest BCUT2D eigenvalue weighted by Gasteiger charge is -2.06. The second kappa shape index (κ2) is 6.66. The Kier molecular flexibility index (Phi) is 4.42. The normalized spacial score (nSPS) is 11.3. The van der Waals surface area contributed by atoms with Crippen LogP contribution in [0.4, 0.5) is 0 Å². The van der Waals surface area contributed by atoms with E-state index in [-0.39, 0.29) is 11.1 Å². The van der Waals surface area contributed by atoms with Gasteiger partial charge in [-0.05, 0) is 18.6 Å². The summed E-state index contributed by atoms with van der Waals surface area (Å²) < 4.78 is 7.91. The molecule has 3 heterocycles. The number of hydrogen-bond acceptors (Lipinski definition) is 4. The van der Waals surface area contributed by atoms with Gasteiger partial charge >= 0.3 is 5.69 Å². The van der Waals surface area contributed by atoms with Crippen molar-refractivity contribution >= 4 is 11.2 Å². The molecule has 8 heteroatoms. The van der Waals surface area contributed by atoms with Crippen molar-refractivity contribution in [3.63, 3.8) is 0 Å². The molecule has 8 nitrogen and oxygen atoms in total. The van der Waals surface area contributed by atoms with Crippen molar-refractivity contribution in [2.75, 3.05) is 13.7 Å². The van der Waals surface area contributed by atoms with Gasteiger partial charge in [-0.25, -0.2) is 9.78 Å². The number of nitrogens with zero attached hydrogens (tertiary/aromatic N) is 3. The minimum atomic E-state index is -0.416. The van der Waals surface area contributed by atoms with E-state index in [1.54, 1.807) is 18.0 Å². The molecule has 3 rings (SSSR count). The number of nitrogens with one attached hydrogen (secondary N) is 2. The lowest BCUT2D eigenvalue weighted by Crippen LogP contribution is -2.35. The fourth-order valence-corrected chi connectivity index (χ4v) is 2.56. The van der Waals surface area contributed by atoms with Crippen molar-refractivity contribution in [3.05, 3.63) is 51.2 Å². The Bertz CT molecular complexity index is 888. The largest absolute Gasteiger partial charge is 0.385 e. The van der Waals surface area contributed by atoms with Gasteiger partial charge in [-0.2, -0.15) is 0 Å². The molecule has 3 aromatic rings. The molecule has 0 saturated heterocycles. The summed E-state index contributed by atoms with van der Waals surface area (Å²) in [4.78, 5) is 34.6. The first-order valence-corrected chi connectivity index (χ1v) is 7.50. The summed E-state index contributed by atoms with van der Waals surface area (Å²) in [6.45, 7) is 1.43. The lowest BCUT2D eigenvalue weighted by atomic mass is 10.3. The molecule has 0 unspecified atom stereocenters. The average Bonchev–Trinajstić information content (AvgIpc) is 3.18. The number of ether oxygens (including phenoxy) is 1. The summed E-state index contributed by atoms with van der Waals surface area (Å²) >= 11 is 0. The number of rotatable bonds is 7. The first-order valence-electron chi connectivity index (χ1n) is 7.50. The molecule has 0 saturated carbocycles. The molecule has 122 valence electrons. The van der Waals surface area contributed by atoms with Crippen molar-refractivity contribution in [1.82, 2.24) is 24.1 Å². The summed E-state index contributed by atoms with van der Waals surface area (Å²) in [7, 11) is 1.59. The Morgan fingerprint density at radius 1 is 1.30 bits per heavy atom. The first-order chi connectivity index (χ1) is 11.2. The fourth-order valence-electron chi connectivity index (χ4n) is 2.56. The number of hydrogen-bond donors (Lipinski definition) is 2. The van der Waals surface area contributed by atoms with Gasteiger partial charge in [0, 0.05) is 45.1 Å². The molecular formula is C15H19N5O3. The van der Waals surface area contributed by atoms with Crippen LogP contribution < -0.4 is 11.2 Å². The second-order valence-corrected chi connectivity index (χ2v) is 5.31. The molecule has 0 aliphatic carbocycles. The predicted molar refractivity (Wildman–Crippen MR) is 85.6 cm³/mol. The summed E-state index contributed by atoms with van der Waals surface area (Å²) in [6, 6.07) is 3.92. The number of aryl methyl sites for hydroxylation is 2. The molecular weight excluding hydrogens is 298 g/mol. The van der Waals surface area contributed by atoms with Crippen LogP contribution in [-0.2, 0) is 24.2 Å². The molecule has 0 amide bonds. The van der Waals surface area contributed by atoms with E-state index in [1.165, 1.54) is 4.57 Å². The number of H-pyrrole nitrogens is 2. The molecule has 23 heavy (non-hydrogen) atoms. The molecule has 0 atom stereocenters. The third kappa shape index (κ3) is 3.11. The zero-order valence-corrected chi connectivity index (χ0v) is 12.9. The van der Waals surface area contributed by atoms with Crippen LogP contribution in [0.2, 0.25) is 0 Å². The van der Waals surface area contributed by atoms with E-state index in [1.807, 2.05) is 18.3 Å². The zero-order valence-electron chi connectivity index (χ0n) is 12.9. The maximum Gasteiger partial charge on any atom is 0.330 e. The Balaban J connectivity index is 1.88. The molecule has 0 fully saturated rings. The van der Waals surface area contributed by atoms with E-state index in [9.17, 15) is 9.59 Å². The molecule has 0 aromatic carbocycles. The number of imidazole rings is 1. The predicted octanol–water partition coefficient (Wildman–Crippen LogP) is 0.494. The van der Waals surface area contributed by atoms with Crippen LogP contribution in [0.5, 0.6) is 0 Å². The molecule has 0 spiro atoms. The van der Waals surface area contributed by atoms with Gasteiger partial charge in [-0.3, -0.25) is 14.3 Å². The molecule has 0 aliphatic rings. The van der Waals surface area contributed by atoms with Gasteiger partial charge in [0.15, 0.2) is 5.52 Å². The van der Waals surface area contributed by atoms with Gasteiger partial charge in [-0.1, -0.05) is 0 Å². The Labute approximate surface area is 131 Å². The minimum Gasteiger partial charge on any atom is -0.385 e. The van der Waals surface area contributed by atoms with Crippen molar-refractivity contribution < 1.29 is 4.74 Å². The van der Waals surface area contributed by atoms with E-state index in [0.717, 1.165) is 12.1 Å². The van der Waals surface area contributed by atoms with Crippen molar-refractivity contribution in [2.45, 2.75) is 25.9 Å². The molecule has 0 bridgehead atoms. The van der Waals surface area contributed by atoms with Gasteiger partial charge in [0.1, 0.15) is 5.65 Å². The number of aromatic nitrogens is 5. The summed E-state index contributed by atoms with van der Waals surface area (Å²) in [5.74, 6) is 0. The molecule has 0 radical (unpaired) electrons. The third-order valence-electron chi connectivity index (χ3n) is 3.77. The van der Waals surface area contributed by atoms with Crippen LogP contribution in [-0.4, -0.2) is 37.8 Å². The van der Waals surface area contributed by atoms with Crippen LogP contribution in [0.25, 0.3) is 11.2 Å². The van der Waals surface area contributed by atoms with Crippen LogP contribution >= 0.6 is 0 Å². The second-order valence-electron chi connectivity index (χ2n) is 5.31. The SMILES string of the molecule is COCCCn1c(=O)[nH]c2c(ncn2CCc2ccc[nH]2)c1=O. The highest BCUT2D eigenvalue weighted by molar-refractivity contribution is 5.68. The zero-order chi connectivity index (χ0) is 16.2. The summed E-state index contributed by atoms with van der Waals surface area (Å²) in [5.41, 5.74) is 1.06. The van der Waals surface area contributed by atoms with Gasteiger partial charge in [-0.15, -0.1) is 0 Å². The molecule has 3 aromatic heterocycles. The number of aromatic amines is 2. The van der Waals surface area contributed by atoms with E-state index in [2.05, 4.69) is 15.0 Å². The van der Waals surface area contributed by atoms with Crippen LogP contribution in [0.15, 0.2) is 34.2 Å². The van der Waals surface area contributed by atoms with Crippen LogP contribution in [0, 0.1) is 0 Å². The van der Waals surface area contributed by atoms with E-state index < -0.39 is 5.69 Å². The summed E-state index contributed by atoms with van der Waals surface area (Å²) in [6.07, 6.45) is 4.81. The highest BCUT2D eigenvalue weighted by atomic mass is 16.5. The molecule has 2 N–H and O–H groups in total. The number of methoxy groups -OCH3 is 1. The monoisotopic (exact) mass is 317 g/mol. The van der Waals surface area contributed by atoms with E-state index >= 15 is 0 Å². The summed E-state index contributed by atoms with van der Waals surface area (Å²) in [5, 5.41) is 0. The number of fused-ring (bicyclic) bond motifs is 1. The molecule has 0 aliphatic heterocycles. The standard InChI is InChI=1S/C15H19N5O3/c1-23-9-3-7-20-14(21)12-13(18-15(20)22)19(10-17-12)8-5-11-4-2-6-16-11/h2,4,6,10,16H,3,5,7-9H2,1H3,(H,18,22). The smallest absolute Gasteiger partial charge is 0.330 e. The van der Waals surface area contributed by atoms with Crippen molar-refractivity contribution in [2.24, 2.45) is 0 Å².